The maximum atomic E-state index is 5.67. The Bertz CT molecular complexity index is 350. The summed E-state index contributed by atoms with van der Waals surface area (Å²) in [6, 6.07) is 8.84. The molecule has 3 heteroatoms. The quantitative estimate of drug-likeness (QED) is 0.883. The summed E-state index contributed by atoms with van der Waals surface area (Å²) in [5.41, 5.74) is 8.27. The van der Waals surface area contributed by atoms with E-state index in [9.17, 15) is 0 Å². The van der Waals surface area contributed by atoms with E-state index in [0.717, 1.165) is 45.6 Å². The van der Waals surface area contributed by atoms with E-state index in [2.05, 4.69) is 36.1 Å². The molecule has 0 amide bonds. The first kappa shape index (κ1) is 13.5. The highest BCUT2D eigenvalue weighted by atomic mass is 16.5. The Morgan fingerprint density at radius 1 is 1.28 bits per heavy atom. The van der Waals surface area contributed by atoms with E-state index >= 15 is 0 Å². The van der Waals surface area contributed by atoms with Crippen LogP contribution >= 0.6 is 0 Å². The van der Waals surface area contributed by atoms with Gasteiger partial charge in [0.2, 0.25) is 0 Å². The van der Waals surface area contributed by atoms with Gasteiger partial charge < -0.3 is 10.5 Å². The van der Waals surface area contributed by atoms with Crippen LogP contribution in [0, 0.1) is 0 Å². The zero-order valence-corrected chi connectivity index (χ0v) is 11.3. The van der Waals surface area contributed by atoms with Crippen molar-refractivity contribution in [3.05, 3.63) is 35.4 Å². The zero-order chi connectivity index (χ0) is 12.8. The molecule has 100 valence electrons. The molecule has 1 unspecified atom stereocenters. The van der Waals surface area contributed by atoms with Crippen LogP contribution in [-0.2, 0) is 17.7 Å². The van der Waals surface area contributed by atoms with Crippen LogP contribution < -0.4 is 5.73 Å². The third kappa shape index (κ3) is 4.09. The number of ether oxygens (including phenoxy) is 1. The molecule has 0 saturated carbocycles. The smallest absolute Gasteiger partial charge is 0.0674 e. The average Bonchev–Trinajstić information content (AvgIpc) is 2.56. The molecule has 2 N–H and O–H groups in total. The van der Waals surface area contributed by atoms with Gasteiger partial charge in [-0.1, -0.05) is 24.3 Å². The Morgan fingerprint density at radius 2 is 2.00 bits per heavy atom. The van der Waals surface area contributed by atoms with Crippen LogP contribution in [-0.4, -0.2) is 37.2 Å². The minimum atomic E-state index is 0.351. The van der Waals surface area contributed by atoms with E-state index in [1.165, 1.54) is 11.1 Å². The third-order valence-corrected chi connectivity index (χ3v) is 3.40. The summed E-state index contributed by atoms with van der Waals surface area (Å²) < 4.78 is 5.67. The fraction of sp³-hybridized carbons (Fsp3) is 0.600. The number of hydrogen-bond donors (Lipinski definition) is 1. The molecule has 0 aliphatic carbocycles. The first-order valence-electron chi connectivity index (χ1n) is 6.90. The maximum Gasteiger partial charge on any atom is 0.0674 e. The van der Waals surface area contributed by atoms with Crippen molar-refractivity contribution in [2.45, 2.75) is 32.4 Å². The molecule has 0 bridgehead atoms. The first-order valence-corrected chi connectivity index (χ1v) is 6.90. The number of rotatable bonds is 4. The number of nitrogens with zero attached hydrogens (tertiary/aromatic N) is 1. The van der Waals surface area contributed by atoms with E-state index in [1.807, 2.05) is 0 Å². The van der Waals surface area contributed by atoms with Crippen molar-refractivity contribution >= 4 is 0 Å². The van der Waals surface area contributed by atoms with Gasteiger partial charge in [-0.05, 0) is 37.4 Å². The van der Waals surface area contributed by atoms with E-state index in [4.69, 9.17) is 10.5 Å². The molecule has 1 aliphatic rings. The molecule has 2 rings (SSSR count). The fourth-order valence-corrected chi connectivity index (χ4v) is 2.46. The van der Waals surface area contributed by atoms with Gasteiger partial charge in [0.05, 0.1) is 6.10 Å². The SMILES string of the molecule is CC1CN(Cc2ccc(CCN)cc2)CCCO1. The Balaban J connectivity index is 1.91. The number of nitrogens with two attached hydrogens (primary N) is 1. The minimum absolute atomic E-state index is 0.351. The fourth-order valence-electron chi connectivity index (χ4n) is 2.46. The molecule has 18 heavy (non-hydrogen) atoms. The molecule has 0 spiro atoms. The molecule has 1 aliphatic heterocycles. The molecule has 1 fully saturated rings. The molecule has 1 saturated heterocycles. The topological polar surface area (TPSA) is 38.5 Å². The molecule has 1 heterocycles. The zero-order valence-electron chi connectivity index (χ0n) is 11.3. The predicted molar refractivity (Wildman–Crippen MR) is 74.5 cm³/mol. The highest BCUT2D eigenvalue weighted by Crippen LogP contribution is 2.12. The summed E-state index contributed by atoms with van der Waals surface area (Å²) >= 11 is 0. The predicted octanol–water partition coefficient (Wildman–Crippen LogP) is 1.80. The van der Waals surface area contributed by atoms with Crippen LogP contribution in [0.3, 0.4) is 0 Å². The second-order valence-corrected chi connectivity index (χ2v) is 5.13. The van der Waals surface area contributed by atoms with Crippen molar-refractivity contribution < 1.29 is 4.74 Å². The lowest BCUT2D eigenvalue weighted by molar-refractivity contribution is 0.0668. The van der Waals surface area contributed by atoms with Crippen molar-refractivity contribution in [3.63, 3.8) is 0 Å². The van der Waals surface area contributed by atoms with Gasteiger partial charge in [-0.3, -0.25) is 4.90 Å². The molecular weight excluding hydrogens is 224 g/mol. The Morgan fingerprint density at radius 3 is 2.72 bits per heavy atom. The van der Waals surface area contributed by atoms with Crippen LogP contribution in [0.25, 0.3) is 0 Å². The normalized spacial score (nSPS) is 21.8. The highest BCUT2D eigenvalue weighted by molar-refractivity contribution is 5.22. The Labute approximate surface area is 110 Å². The van der Waals surface area contributed by atoms with Gasteiger partial charge in [0.15, 0.2) is 0 Å². The largest absolute Gasteiger partial charge is 0.377 e. The molecule has 0 aromatic heterocycles. The van der Waals surface area contributed by atoms with Crippen molar-refractivity contribution in [1.29, 1.82) is 0 Å². The number of benzene rings is 1. The summed E-state index contributed by atoms with van der Waals surface area (Å²) in [5, 5.41) is 0. The van der Waals surface area contributed by atoms with Crippen LogP contribution in [0.2, 0.25) is 0 Å². The summed E-state index contributed by atoms with van der Waals surface area (Å²) in [5.74, 6) is 0. The molecule has 1 atom stereocenters. The van der Waals surface area contributed by atoms with Gasteiger partial charge in [-0.2, -0.15) is 0 Å². The minimum Gasteiger partial charge on any atom is -0.377 e. The standard InChI is InChI=1S/C15H24N2O/c1-13-11-17(9-2-10-18-13)12-15-5-3-14(4-6-15)7-8-16/h3-6,13H,2,7-12,16H2,1H3. The molecular formula is C15H24N2O. The Hall–Kier alpha value is -0.900. The monoisotopic (exact) mass is 248 g/mol. The van der Waals surface area contributed by atoms with E-state index < -0.39 is 0 Å². The lowest BCUT2D eigenvalue weighted by atomic mass is 10.1. The number of hydrogen-bond acceptors (Lipinski definition) is 3. The average molecular weight is 248 g/mol. The summed E-state index contributed by atoms with van der Waals surface area (Å²) in [6.45, 7) is 6.96. The highest BCUT2D eigenvalue weighted by Gasteiger charge is 2.14. The van der Waals surface area contributed by atoms with Crippen molar-refractivity contribution in [1.82, 2.24) is 4.90 Å². The van der Waals surface area contributed by atoms with Gasteiger partial charge in [0, 0.05) is 26.2 Å². The van der Waals surface area contributed by atoms with E-state index in [-0.39, 0.29) is 0 Å². The van der Waals surface area contributed by atoms with Crippen LogP contribution in [0.4, 0.5) is 0 Å². The Kier molecular flexibility index (Phi) is 5.17. The van der Waals surface area contributed by atoms with Crippen molar-refractivity contribution in [2.75, 3.05) is 26.2 Å². The summed E-state index contributed by atoms with van der Waals surface area (Å²) in [6.07, 6.45) is 2.45. The summed E-state index contributed by atoms with van der Waals surface area (Å²) in [7, 11) is 0. The maximum absolute atomic E-state index is 5.67. The lowest BCUT2D eigenvalue weighted by Gasteiger charge is -2.21. The van der Waals surface area contributed by atoms with Crippen LogP contribution in [0.15, 0.2) is 24.3 Å². The van der Waals surface area contributed by atoms with E-state index in [1.54, 1.807) is 0 Å². The van der Waals surface area contributed by atoms with Gasteiger partial charge in [-0.15, -0.1) is 0 Å². The molecule has 3 nitrogen and oxygen atoms in total. The van der Waals surface area contributed by atoms with Crippen molar-refractivity contribution in [2.24, 2.45) is 5.73 Å². The molecule has 1 aromatic rings. The third-order valence-electron chi connectivity index (χ3n) is 3.40. The van der Waals surface area contributed by atoms with Crippen molar-refractivity contribution in [3.8, 4) is 0 Å². The van der Waals surface area contributed by atoms with Crippen LogP contribution in [0.1, 0.15) is 24.5 Å². The first-order chi connectivity index (χ1) is 8.78. The van der Waals surface area contributed by atoms with E-state index in [0.29, 0.717) is 6.10 Å². The molecule has 0 radical (unpaired) electrons. The lowest BCUT2D eigenvalue weighted by Crippen LogP contribution is -2.29. The van der Waals surface area contributed by atoms with Gasteiger partial charge in [-0.25, -0.2) is 0 Å². The molecule has 1 aromatic carbocycles. The van der Waals surface area contributed by atoms with Gasteiger partial charge in [0.25, 0.3) is 0 Å². The van der Waals surface area contributed by atoms with Gasteiger partial charge in [0.1, 0.15) is 0 Å². The van der Waals surface area contributed by atoms with Crippen LogP contribution in [0.5, 0.6) is 0 Å². The second-order valence-electron chi connectivity index (χ2n) is 5.13. The second kappa shape index (κ2) is 6.88. The summed E-state index contributed by atoms with van der Waals surface area (Å²) in [4.78, 5) is 2.48. The van der Waals surface area contributed by atoms with Gasteiger partial charge >= 0.3 is 0 Å².